The van der Waals surface area contributed by atoms with Crippen molar-refractivity contribution in [2.24, 2.45) is 0 Å². The van der Waals surface area contributed by atoms with Gasteiger partial charge in [-0.15, -0.1) is 0 Å². The number of rotatable bonds is 6. The third-order valence-corrected chi connectivity index (χ3v) is 6.12. The Hall–Kier alpha value is -2.55. The molecule has 2 rings (SSSR count). The fourth-order valence-corrected chi connectivity index (χ4v) is 3.74. The van der Waals surface area contributed by atoms with Gasteiger partial charge in [0.05, 0.1) is 9.52 Å². The Morgan fingerprint density at radius 2 is 1.81 bits per heavy atom. The molecule has 1 atom stereocenters. The van der Waals surface area contributed by atoms with Gasteiger partial charge in [0.15, 0.2) is 0 Å². The number of amides is 1. The zero-order valence-corrected chi connectivity index (χ0v) is 16.4. The van der Waals surface area contributed by atoms with Crippen LogP contribution in [0.4, 0.5) is 0 Å². The second kappa shape index (κ2) is 9.23. The number of hydrogen-bond donors (Lipinski definition) is 2. The molecule has 5 heteroatoms. The van der Waals surface area contributed by atoms with Crippen LogP contribution < -0.4 is 5.32 Å². The van der Waals surface area contributed by atoms with Gasteiger partial charge in [-0.05, 0) is 50.3 Å². The van der Waals surface area contributed by atoms with E-state index in [1.807, 2.05) is 56.6 Å². The summed E-state index contributed by atoms with van der Waals surface area (Å²) in [5.74, 6) is 5.52. The van der Waals surface area contributed by atoms with E-state index in [-0.39, 0.29) is 16.8 Å². The van der Waals surface area contributed by atoms with E-state index in [4.69, 9.17) is 0 Å². The lowest BCUT2D eigenvalue weighted by Crippen LogP contribution is -2.57. The summed E-state index contributed by atoms with van der Waals surface area (Å²) in [7, 11) is 4.65. The van der Waals surface area contributed by atoms with Gasteiger partial charge in [-0.2, -0.15) is 0 Å². The van der Waals surface area contributed by atoms with E-state index in [9.17, 15) is 9.90 Å². The maximum Gasteiger partial charge on any atom is 0.296 e. The highest BCUT2D eigenvalue weighted by molar-refractivity contribution is 6.38. The first kappa shape index (κ1) is 19.8. The normalized spacial score (nSPS) is 12.8. The number of carbonyl (C=O) groups is 1. The maximum atomic E-state index is 12.2. The van der Waals surface area contributed by atoms with Gasteiger partial charge in [-0.25, -0.2) is 0 Å². The number of benzene rings is 2. The molecular formula is C21H24N2O2Si. The summed E-state index contributed by atoms with van der Waals surface area (Å²) in [6, 6.07) is 16.7. The molecule has 0 bridgehead atoms. The first-order chi connectivity index (χ1) is 12.4. The molecule has 0 heterocycles. The van der Waals surface area contributed by atoms with Crippen molar-refractivity contribution in [3.05, 3.63) is 65.7 Å². The molecule has 0 aliphatic carbocycles. The summed E-state index contributed by atoms with van der Waals surface area (Å²) in [4.78, 5) is 14.3. The Morgan fingerprint density at radius 3 is 2.38 bits per heavy atom. The van der Waals surface area contributed by atoms with Crippen LogP contribution in [-0.2, 0) is 11.2 Å². The smallest absolute Gasteiger partial charge is 0.296 e. The van der Waals surface area contributed by atoms with Crippen molar-refractivity contribution in [1.82, 2.24) is 10.2 Å². The van der Waals surface area contributed by atoms with E-state index >= 15 is 0 Å². The number of nitrogens with one attached hydrogen (secondary N) is 1. The van der Waals surface area contributed by atoms with Crippen LogP contribution in [0, 0.1) is 11.8 Å². The first-order valence-corrected chi connectivity index (χ1v) is 9.94. The molecule has 2 N–H and O–H groups in total. The Balaban J connectivity index is 2.06. The standard InChI is InChI=1S/C21H24N2O2Si/c1-23(2)21(26-3,15-18-9-12-19(24)13-10-18)16-22-20(25)14-11-17-7-5-4-6-8-17/h4-10,12-13,24H,15-16H2,1-3H3,(H,22,25)/t21-/m0/s1. The maximum absolute atomic E-state index is 12.2. The van der Waals surface area contributed by atoms with E-state index in [1.54, 1.807) is 12.1 Å². The molecule has 2 aromatic rings. The van der Waals surface area contributed by atoms with Crippen LogP contribution in [0.15, 0.2) is 54.6 Å². The summed E-state index contributed by atoms with van der Waals surface area (Å²) < 4.78 is 0. The predicted molar refractivity (Wildman–Crippen MR) is 106 cm³/mol. The SMILES string of the molecule is C[Si][C@](CNC(=O)C#Cc1ccccc1)(Cc1ccc(O)cc1)N(C)C. The number of phenols is 1. The van der Waals surface area contributed by atoms with Gasteiger partial charge in [0.1, 0.15) is 5.75 Å². The van der Waals surface area contributed by atoms with E-state index < -0.39 is 0 Å². The Labute approximate surface area is 158 Å². The molecule has 0 fully saturated rings. The lowest BCUT2D eigenvalue weighted by molar-refractivity contribution is -0.116. The summed E-state index contributed by atoms with van der Waals surface area (Å²) >= 11 is 0. The van der Waals surface area contributed by atoms with Gasteiger partial charge < -0.3 is 15.3 Å². The van der Waals surface area contributed by atoms with Gasteiger partial charge >= 0.3 is 0 Å². The van der Waals surface area contributed by atoms with Gasteiger partial charge in [0, 0.05) is 23.2 Å². The van der Waals surface area contributed by atoms with E-state index in [2.05, 4.69) is 28.6 Å². The van der Waals surface area contributed by atoms with Crippen molar-refractivity contribution in [3.63, 3.8) is 0 Å². The van der Waals surface area contributed by atoms with Crippen LogP contribution in [0.1, 0.15) is 11.1 Å². The highest BCUT2D eigenvalue weighted by Gasteiger charge is 2.31. The van der Waals surface area contributed by atoms with Gasteiger partial charge in [-0.3, -0.25) is 4.79 Å². The van der Waals surface area contributed by atoms with Crippen LogP contribution in [0.2, 0.25) is 6.55 Å². The van der Waals surface area contributed by atoms with Crippen LogP contribution in [-0.4, -0.2) is 51.2 Å². The molecule has 0 spiro atoms. The number of phenolic OH excluding ortho intramolecular Hbond substituents is 1. The number of aromatic hydroxyl groups is 1. The molecule has 0 saturated carbocycles. The summed E-state index contributed by atoms with van der Waals surface area (Å²) in [6.07, 6.45) is 0.779. The van der Waals surface area contributed by atoms with E-state index in [0.717, 1.165) is 17.5 Å². The second-order valence-corrected chi connectivity index (χ2v) is 7.75. The molecule has 0 saturated heterocycles. The van der Waals surface area contributed by atoms with Crippen LogP contribution in [0.25, 0.3) is 0 Å². The highest BCUT2D eigenvalue weighted by atomic mass is 28.2. The first-order valence-electron chi connectivity index (χ1n) is 8.44. The van der Waals surface area contributed by atoms with Crippen molar-refractivity contribution >= 4 is 15.4 Å². The van der Waals surface area contributed by atoms with Crippen molar-refractivity contribution in [2.75, 3.05) is 20.6 Å². The molecule has 2 radical (unpaired) electrons. The highest BCUT2D eigenvalue weighted by Crippen LogP contribution is 2.19. The zero-order chi connectivity index (χ0) is 19.0. The minimum atomic E-state index is -0.274. The van der Waals surface area contributed by atoms with Gasteiger partial charge in [-0.1, -0.05) is 42.8 Å². The Bertz CT molecular complexity index is 779. The number of nitrogens with zero attached hydrogens (tertiary/aromatic N) is 1. The quantitative estimate of drug-likeness (QED) is 0.610. The van der Waals surface area contributed by atoms with Crippen molar-refractivity contribution < 1.29 is 9.90 Å². The topological polar surface area (TPSA) is 52.6 Å². The van der Waals surface area contributed by atoms with Crippen molar-refractivity contribution in [1.29, 1.82) is 0 Å². The van der Waals surface area contributed by atoms with Crippen LogP contribution in [0.3, 0.4) is 0 Å². The fourth-order valence-electron chi connectivity index (χ4n) is 2.65. The molecule has 2 aromatic carbocycles. The third kappa shape index (κ3) is 5.48. The van der Waals surface area contributed by atoms with Crippen LogP contribution >= 0.6 is 0 Å². The summed E-state index contributed by atoms with van der Waals surface area (Å²) in [5.41, 5.74) is 1.94. The fraction of sp³-hybridized carbons (Fsp3) is 0.286. The van der Waals surface area contributed by atoms with E-state index in [0.29, 0.717) is 16.1 Å². The molecule has 4 nitrogen and oxygen atoms in total. The Morgan fingerprint density at radius 1 is 1.15 bits per heavy atom. The monoisotopic (exact) mass is 364 g/mol. The zero-order valence-electron chi connectivity index (χ0n) is 15.4. The molecule has 1 amide bonds. The molecule has 0 unspecified atom stereocenters. The third-order valence-electron chi connectivity index (χ3n) is 4.39. The lowest BCUT2D eigenvalue weighted by Gasteiger charge is -2.39. The predicted octanol–water partition coefficient (Wildman–Crippen LogP) is 2.11. The average molecular weight is 365 g/mol. The largest absolute Gasteiger partial charge is 0.508 e. The molecule has 0 aliphatic rings. The average Bonchev–Trinajstić information content (AvgIpc) is 2.65. The number of likely N-dealkylation sites (N-methyl/N-ethyl adjacent to an activating group) is 1. The lowest BCUT2D eigenvalue weighted by atomic mass is 10.0. The van der Waals surface area contributed by atoms with E-state index in [1.165, 1.54) is 0 Å². The van der Waals surface area contributed by atoms with Crippen molar-refractivity contribution in [3.8, 4) is 17.6 Å². The molecule has 134 valence electrons. The minimum absolute atomic E-state index is 0.193. The van der Waals surface area contributed by atoms with Gasteiger partial charge in [0.2, 0.25) is 0 Å². The second-order valence-electron chi connectivity index (χ2n) is 6.32. The Kier molecular flexibility index (Phi) is 7.02. The summed E-state index contributed by atoms with van der Waals surface area (Å²) in [5, 5.41) is 12.2. The molecular weight excluding hydrogens is 340 g/mol. The molecule has 0 aromatic heterocycles. The van der Waals surface area contributed by atoms with Gasteiger partial charge in [0.25, 0.3) is 5.91 Å². The molecule has 26 heavy (non-hydrogen) atoms. The minimum Gasteiger partial charge on any atom is -0.508 e. The molecule has 0 aliphatic heterocycles. The summed E-state index contributed by atoms with van der Waals surface area (Å²) in [6.45, 7) is 2.65. The van der Waals surface area contributed by atoms with Crippen molar-refractivity contribution in [2.45, 2.75) is 18.1 Å². The number of hydrogen-bond acceptors (Lipinski definition) is 3. The number of carbonyl (C=O) groups excluding carboxylic acids is 1. The van der Waals surface area contributed by atoms with Crippen LogP contribution in [0.5, 0.6) is 5.75 Å².